The highest BCUT2D eigenvalue weighted by Crippen LogP contribution is 2.36. The van der Waals surface area contributed by atoms with E-state index in [0.29, 0.717) is 18.5 Å². The molecule has 1 aliphatic carbocycles. The molecule has 0 saturated carbocycles. The third-order valence-corrected chi connectivity index (χ3v) is 3.29. The largest absolute Gasteiger partial charge is 0.395 e. The van der Waals surface area contributed by atoms with E-state index in [1.54, 1.807) is 0 Å². The average Bonchev–Trinajstić information content (AvgIpc) is 2.29. The number of nitrogens with one attached hydrogen (secondary N) is 1. The number of hydrogen-bond acceptors (Lipinski definition) is 2. The van der Waals surface area contributed by atoms with Gasteiger partial charge in [-0.3, -0.25) is 0 Å². The van der Waals surface area contributed by atoms with E-state index < -0.39 is 0 Å². The molecule has 0 bridgehead atoms. The average molecular weight is 205 g/mol. The smallest absolute Gasteiger partial charge is 0.0556 e. The summed E-state index contributed by atoms with van der Waals surface area (Å²) in [6, 6.07) is 9.09. The number of benzene rings is 1. The molecule has 0 heterocycles. The van der Waals surface area contributed by atoms with Crippen molar-refractivity contribution in [3.8, 4) is 0 Å². The Hall–Kier alpha value is -0.860. The van der Waals surface area contributed by atoms with Gasteiger partial charge in [-0.2, -0.15) is 0 Å². The molecular formula is C13H19NO. The van der Waals surface area contributed by atoms with E-state index >= 15 is 0 Å². The van der Waals surface area contributed by atoms with Gasteiger partial charge in [-0.05, 0) is 29.9 Å². The fraction of sp³-hybridized carbons (Fsp3) is 0.538. The Morgan fingerprint density at radius 3 is 2.73 bits per heavy atom. The van der Waals surface area contributed by atoms with E-state index in [9.17, 15) is 0 Å². The first-order chi connectivity index (χ1) is 7.33. The van der Waals surface area contributed by atoms with Crippen LogP contribution in [0.1, 0.15) is 42.9 Å². The van der Waals surface area contributed by atoms with Crippen LogP contribution in [0, 0.1) is 0 Å². The van der Waals surface area contributed by atoms with Gasteiger partial charge in [0.05, 0.1) is 6.61 Å². The van der Waals surface area contributed by atoms with Crippen LogP contribution in [0.25, 0.3) is 0 Å². The summed E-state index contributed by atoms with van der Waals surface area (Å²) in [6.07, 6.45) is 2.41. The van der Waals surface area contributed by atoms with Gasteiger partial charge in [0, 0.05) is 12.6 Å². The number of aliphatic hydroxyl groups is 1. The number of rotatable bonds is 3. The van der Waals surface area contributed by atoms with Crippen LogP contribution in [-0.2, 0) is 0 Å². The molecule has 1 aromatic carbocycles. The lowest BCUT2D eigenvalue weighted by Crippen LogP contribution is -2.28. The maximum atomic E-state index is 8.83. The molecule has 0 amide bonds. The number of hydrogen-bond donors (Lipinski definition) is 2. The zero-order valence-electron chi connectivity index (χ0n) is 9.24. The Balaban J connectivity index is 2.20. The van der Waals surface area contributed by atoms with Gasteiger partial charge in [0.1, 0.15) is 0 Å². The van der Waals surface area contributed by atoms with Crippen LogP contribution in [0.15, 0.2) is 24.3 Å². The van der Waals surface area contributed by atoms with Gasteiger partial charge in [-0.25, -0.2) is 0 Å². The van der Waals surface area contributed by atoms with Crippen LogP contribution in [0.5, 0.6) is 0 Å². The number of aliphatic hydroxyl groups excluding tert-OH is 1. The lowest BCUT2D eigenvalue weighted by molar-refractivity contribution is 0.279. The summed E-state index contributed by atoms with van der Waals surface area (Å²) in [4.78, 5) is 0. The van der Waals surface area contributed by atoms with E-state index in [1.165, 1.54) is 24.0 Å². The quantitative estimate of drug-likeness (QED) is 0.793. The highest BCUT2D eigenvalue weighted by Gasteiger charge is 2.23. The molecule has 0 unspecified atom stereocenters. The standard InChI is InChI=1S/C13H19NO/c1-10-6-7-13(14-8-9-15)12-5-3-2-4-11(10)12/h2-5,10,13-15H,6-9H2,1H3/t10-,13-/m1/s1. The molecule has 1 aromatic rings. The monoisotopic (exact) mass is 205 g/mol. The molecule has 2 rings (SSSR count). The van der Waals surface area contributed by atoms with E-state index in [-0.39, 0.29) is 6.61 Å². The maximum Gasteiger partial charge on any atom is 0.0556 e. The number of fused-ring (bicyclic) bond motifs is 1. The van der Waals surface area contributed by atoms with Crippen molar-refractivity contribution < 1.29 is 5.11 Å². The first kappa shape index (κ1) is 10.7. The summed E-state index contributed by atoms with van der Waals surface area (Å²) in [5, 5.41) is 12.2. The van der Waals surface area contributed by atoms with Crippen LogP contribution in [0.4, 0.5) is 0 Å². The molecule has 2 heteroatoms. The molecule has 0 aliphatic heterocycles. The second kappa shape index (κ2) is 4.77. The Bertz CT molecular complexity index is 324. The van der Waals surface area contributed by atoms with Gasteiger partial charge in [0.25, 0.3) is 0 Å². The predicted octanol–water partition coefficient (Wildman–Crippen LogP) is 2.21. The van der Waals surface area contributed by atoms with Crippen molar-refractivity contribution in [2.75, 3.05) is 13.2 Å². The maximum absolute atomic E-state index is 8.83. The second-order valence-electron chi connectivity index (χ2n) is 4.34. The summed E-state index contributed by atoms with van der Waals surface area (Å²) in [5.41, 5.74) is 2.89. The lowest BCUT2D eigenvalue weighted by atomic mass is 9.81. The minimum Gasteiger partial charge on any atom is -0.395 e. The van der Waals surface area contributed by atoms with Gasteiger partial charge in [0.15, 0.2) is 0 Å². The second-order valence-corrected chi connectivity index (χ2v) is 4.34. The highest BCUT2D eigenvalue weighted by atomic mass is 16.3. The summed E-state index contributed by atoms with van der Waals surface area (Å²) in [5.74, 6) is 0.674. The minimum atomic E-state index is 0.216. The third-order valence-electron chi connectivity index (χ3n) is 3.29. The molecule has 0 aromatic heterocycles. The van der Waals surface area contributed by atoms with Crippen LogP contribution in [0.2, 0.25) is 0 Å². The summed E-state index contributed by atoms with van der Waals surface area (Å²) in [7, 11) is 0. The first-order valence-electron chi connectivity index (χ1n) is 5.76. The minimum absolute atomic E-state index is 0.216. The van der Waals surface area contributed by atoms with Gasteiger partial charge in [-0.15, -0.1) is 0 Å². The van der Waals surface area contributed by atoms with Crippen LogP contribution in [0.3, 0.4) is 0 Å². The molecule has 1 aliphatic rings. The van der Waals surface area contributed by atoms with E-state index in [1.807, 2.05) is 0 Å². The molecule has 15 heavy (non-hydrogen) atoms. The van der Waals surface area contributed by atoms with Crippen LogP contribution < -0.4 is 5.32 Å². The fourth-order valence-electron chi connectivity index (χ4n) is 2.46. The molecule has 0 radical (unpaired) electrons. The van der Waals surface area contributed by atoms with Crippen molar-refractivity contribution in [2.24, 2.45) is 0 Å². The summed E-state index contributed by atoms with van der Waals surface area (Å²) < 4.78 is 0. The zero-order chi connectivity index (χ0) is 10.7. The Morgan fingerprint density at radius 1 is 1.27 bits per heavy atom. The van der Waals surface area contributed by atoms with Crippen molar-refractivity contribution in [3.63, 3.8) is 0 Å². The van der Waals surface area contributed by atoms with Crippen molar-refractivity contribution in [2.45, 2.75) is 31.7 Å². The van der Waals surface area contributed by atoms with Crippen LogP contribution >= 0.6 is 0 Å². The first-order valence-corrected chi connectivity index (χ1v) is 5.76. The van der Waals surface area contributed by atoms with Gasteiger partial charge >= 0.3 is 0 Å². The van der Waals surface area contributed by atoms with Crippen molar-refractivity contribution in [3.05, 3.63) is 35.4 Å². The molecule has 2 atom stereocenters. The highest BCUT2D eigenvalue weighted by molar-refractivity contribution is 5.34. The normalized spacial score (nSPS) is 24.9. The van der Waals surface area contributed by atoms with Gasteiger partial charge < -0.3 is 10.4 Å². The zero-order valence-corrected chi connectivity index (χ0v) is 9.24. The van der Waals surface area contributed by atoms with E-state index in [2.05, 4.69) is 36.5 Å². The SMILES string of the molecule is C[C@@H]1CC[C@@H](NCCO)c2ccccc21. The molecule has 0 saturated heterocycles. The molecule has 82 valence electrons. The Kier molecular flexibility index (Phi) is 3.39. The lowest BCUT2D eigenvalue weighted by Gasteiger charge is -2.30. The third kappa shape index (κ3) is 2.21. The fourth-order valence-corrected chi connectivity index (χ4v) is 2.46. The van der Waals surface area contributed by atoms with Crippen molar-refractivity contribution in [1.82, 2.24) is 5.32 Å². The van der Waals surface area contributed by atoms with E-state index in [0.717, 1.165) is 0 Å². The topological polar surface area (TPSA) is 32.3 Å². The van der Waals surface area contributed by atoms with Crippen LogP contribution in [-0.4, -0.2) is 18.3 Å². The molecule has 2 nitrogen and oxygen atoms in total. The summed E-state index contributed by atoms with van der Waals surface area (Å²) >= 11 is 0. The molecular weight excluding hydrogens is 186 g/mol. The van der Waals surface area contributed by atoms with Gasteiger partial charge in [-0.1, -0.05) is 31.2 Å². The molecule has 0 fully saturated rings. The molecule has 0 spiro atoms. The van der Waals surface area contributed by atoms with Gasteiger partial charge in [0.2, 0.25) is 0 Å². The summed E-state index contributed by atoms with van der Waals surface area (Å²) in [6.45, 7) is 3.20. The van der Waals surface area contributed by atoms with Crippen molar-refractivity contribution >= 4 is 0 Å². The Labute approximate surface area is 91.3 Å². The Morgan fingerprint density at radius 2 is 2.00 bits per heavy atom. The molecule has 2 N–H and O–H groups in total. The van der Waals surface area contributed by atoms with E-state index in [4.69, 9.17) is 5.11 Å². The van der Waals surface area contributed by atoms with Crippen molar-refractivity contribution in [1.29, 1.82) is 0 Å². The predicted molar refractivity (Wildman–Crippen MR) is 61.9 cm³/mol.